The number of pyridine rings is 1. The molecule has 2 heteroatoms. The van der Waals surface area contributed by atoms with Crippen LogP contribution in [-0.2, 0) is 0 Å². The molecule has 0 amide bonds. The average Bonchev–Trinajstić information content (AvgIpc) is 2.37. The van der Waals surface area contributed by atoms with Crippen LogP contribution < -0.4 is 5.32 Å². The van der Waals surface area contributed by atoms with Crippen LogP contribution in [0.15, 0.2) is 36.5 Å². The Labute approximate surface area is 108 Å². The highest BCUT2D eigenvalue weighted by Crippen LogP contribution is 2.35. The average molecular weight is 240 g/mol. The van der Waals surface area contributed by atoms with Crippen LogP contribution in [0.4, 0.5) is 0 Å². The predicted molar refractivity (Wildman–Crippen MR) is 75.5 cm³/mol. The lowest BCUT2D eigenvalue weighted by Gasteiger charge is -2.29. The van der Waals surface area contributed by atoms with Gasteiger partial charge in [-0.05, 0) is 43.1 Å². The second kappa shape index (κ2) is 5.07. The van der Waals surface area contributed by atoms with Crippen molar-refractivity contribution in [3.63, 3.8) is 0 Å². The SMILES string of the molecule is CNC(CC1CCC1)c1ccc2ncccc2c1. The monoisotopic (exact) mass is 240 g/mol. The maximum Gasteiger partial charge on any atom is 0.0702 e. The molecule has 0 radical (unpaired) electrons. The number of aromatic nitrogens is 1. The number of rotatable bonds is 4. The van der Waals surface area contributed by atoms with Gasteiger partial charge in [0.15, 0.2) is 0 Å². The second-order valence-electron chi connectivity index (χ2n) is 5.33. The van der Waals surface area contributed by atoms with Crippen molar-refractivity contribution in [3.05, 3.63) is 42.1 Å². The van der Waals surface area contributed by atoms with Gasteiger partial charge in [0.2, 0.25) is 0 Å². The van der Waals surface area contributed by atoms with Gasteiger partial charge < -0.3 is 5.32 Å². The second-order valence-corrected chi connectivity index (χ2v) is 5.33. The normalized spacial score (nSPS) is 17.6. The van der Waals surface area contributed by atoms with E-state index in [2.05, 4.69) is 41.6 Å². The summed E-state index contributed by atoms with van der Waals surface area (Å²) < 4.78 is 0. The Balaban J connectivity index is 1.86. The standard InChI is InChI=1S/C16H20N2/c1-17-16(10-12-4-2-5-12)14-7-8-15-13(11-14)6-3-9-18-15/h3,6-9,11-12,16-17H,2,4-5,10H2,1H3. The van der Waals surface area contributed by atoms with Gasteiger partial charge in [-0.1, -0.05) is 31.4 Å². The Morgan fingerprint density at radius 3 is 2.94 bits per heavy atom. The molecule has 18 heavy (non-hydrogen) atoms. The lowest BCUT2D eigenvalue weighted by atomic mass is 9.79. The molecule has 1 heterocycles. The fraction of sp³-hybridized carbons (Fsp3) is 0.438. The van der Waals surface area contributed by atoms with Gasteiger partial charge in [0.05, 0.1) is 5.52 Å². The largest absolute Gasteiger partial charge is 0.313 e. The molecule has 1 saturated carbocycles. The van der Waals surface area contributed by atoms with Crippen LogP contribution in [0.5, 0.6) is 0 Å². The Morgan fingerprint density at radius 2 is 2.22 bits per heavy atom. The van der Waals surface area contributed by atoms with Crippen LogP contribution in [0.2, 0.25) is 0 Å². The molecule has 1 unspecified atom stereocenters. The topological polar surface area (TPSA) is 24.9 Å². The highest BCUT2D eigenvalue weighted by molar-refractivity contribution is 5.79. The number of nitrogens with one attached hydrogen (secondary N) is 1. The zero-order valence-electron chi connectivity index (χ0n) is 10.9. The van der Waals surface area contributed by atoms with E-state index >= 15 is 0 Å². The van der Waals surface area contributed by atoms with Crippen LogP contribution in [-0.4, -0.2) is 12.0 Å². The van der Waals surface area contributed by atoms with E-state index in [1.165, 1.54) is 36.6 Å². The lowest BCUT2D eigenvalue weighted by Crippen LogP contribution is -2.23. The lowest BCUT2D eigenvalue weighted by molar-refractivity contribution is 0.266. The van der Waals surface area contributed by atoms with Crippen molar-refractivity contribution in [2.24, 2.45) is 5.92 Å². The first-order valence-corrected chi connectivity index (χ1v) is 6.89. The Hall–Kier alpha value is -1.41. The molecular weight excluding hydrogens is 220 g/mol. The molecule has 1 atom stereocenters. The minimum atomic E-state index is 0.486. The highest BCUT2D eigenvalue weighted by Gasteiger charge is 2.22. The minimum Gasteiger partial charge on any atom is -0.313 e. The molecule has 0 saturated heterocycles. The van der Waals surface area contributed by atoms with E-state index in [0.717, 1.165) is 11.4 Å². The molecule has 0 bridgehead atoms. The zero-order valence-corrected chi connectivity index (χ0v) is 10.9. The summed E-state index contributed by atoms with van der Waals surface area (Å²) in [6.07, 6.45) is 7.36. The van der Waals surface area contributed by atoms with Crippen molar-refractivity contribution in [1.82, 2.24) is 10.3 Å². The molecule has 1 aliphatic rings. The highest BCUT2D eigenvalue weighted by atomic mass is 14.9. The van der Waals surface area contributed by atoms with Gasteiger partial charge in [-0.3, -0.25) is 4.98 Å². The van der Waals surface area contributed by atoms with Crippen molar-refractivity contribution >= 4 is 10.9 Å². The molecule has 1 aromatic carbocycles. The van der Waals surface area contributed by atoms with E-state index in [-0.39, 0.29) is 0 Å². The summed E-state index contributed by atoms with van der Waals surface area (Å²) in [5, 5.41) is 4.70. The van der Waals surface area contributed by atoms with Gasteiger partial charge in [-0.15, -0.1) is 0 Å². The van der Waals surface area contributed by atoms with Crippen molar-refractivity contribution in [2.45, 2.75) is 31.7 Å². The fourth-order valence-corrected chi connectivity index (χ4v) is 2.79. The summed E-state index contributed by atoms with van der Waals surface area (Å²) in [7, 11) is 2.07. The Morgan fingerprint density at radius 1 is 1.33 bits per heavy atom. The van der Waals surface area contributed by atoms with Crippen LogP contribution >= 0.6 is 0 Å². The molecule has 1 aliphatic carbocycles. The van der Waals surface area contributed by atoms with Gasteiger partial charge in [-0.25, -0.2) is 0 Å². The molecule has 0 aliphatic heterocycles. The third-order valence-corrected chi connectivity index (χ3v) is 4.17. The van der Waals surface area contributed by atoms with E-state index in [9.17, 15) is 0 Å². The molecule has 94 valence electrons. The minimum absolute atomic E-state index is 0.486. The summed E-state index contributed by atoms with van der Waals surface area (Å²) in [6.45, 7) is 0. The Kier molecular flexibility index (Phi) is 3.28. The number of nitrogens with zero attached hydrogens (tertiary/aromatic N) is 1. The summed E-state index contributed by atoms with van der Waals surface area (Å²) in [4.78, 5) is 4.38. The quantitative estimate of drug-likeness (QED) is 0.881. The van der Waals surface area contributed by atoms with Gasteiger partial charge in [0, 0.05) is 17.6 Å². The fourth-order valence-electron chi connectivity index (χ4n) is 2.79. The van der Waals surface area contributed by atoms with Gasteiger partial charge in [0.25, 0.3) is 0 Å². The first-order valence-electron chi connectivity index (χ1n) is 6.89. The van der Waals surface area contributed by atoms with Gasteiger partial charge in [0.1, 0.15) is 0 Å². The third-order valence-electron chi connectivity index (χ3n) is 4.17. The summed E-state index contributed by atoms with van der Waals surface area (Å²) in [5.41, 5.74) is 2.48. The summed E-state index contributed by atoms with van der Waals surface area (Å²) in [5.74, 6) is 0.923. The third kappa shape index (κ3) is 2.25. The van der Waals surface area contributed by atoms with Crippen LogP contribution in [0.3, 0.4) is 0 Å². The van der Waals surface area contributed by atoms with Crippen LogP contribution in [0.25, 0.3) is 10.9 Å². The van der Waals surface area contributed by atoms with Crippen molar-refractivity contribution in [1.29, 1.82) is 0 Å². The summed E-state index contributed by atoms with van der Waals surface area (Å²) in [6, 6.07) is 11.3. The number of benzene rings is 1. The molecule has 1 fully saturated rings. The van der Waals surface area contributed by atoms with Crippen molar-refractivity contribution < 1.29 is 0 Å². The summed E-state index contributed by atoms with van der Waals surface area (Å²) >= 11 is 0. The van der Waals surface area contributed by atoms with Gasteiger partial charge >= 0.3 is 0 Å². The predicted octanol–water partition coefficient (Wildman–Crippen LogP) is 3.69. The van der Waals surface area contributed by atoms with E-state index in [0.29, 0.717) is 6.04 Å². The first kappa shape index (κ1) is 11.7. The first-order chi connectivity index (χ1) is 8.86. The van der Waals surface area contributed by atoms with E-state index in [1.54, 1.807) is 0 Å². The van der Waals surface area contributed by atoms with E-state index in [1.807, 2.05) is 12.3 Å². The maximum absolute atomic E-state index is 4.38. The van der Waals surface area contributed by atoms with E-state index < -0.39 is 0 Å². The van der Waals surface area contributed by atoms with Crippen molar-refractivity contribution in [3.8, 4) is 0 Å². The Bertz CT molecular complexity index is 531. The molecule has 0 spiro atoms. The molecule has 1 aromatic heterocycles. The molecule has 1 N–H and O–H groups in total. The number of fused-ring (bicyclic) bond motifs is 1. The molecule has 3 rings (SSSR count). The van der Waals surface area contributed by atoms with Crippen LogP contribution in [0.1, 0.15) is 37.3 Å². The van der Waals surface area contributed by atoms with Crippen molar-refractivity contribution in [2.75, 3.05) is 7.05 Å². The number of hydrogen-bond donors (Lipinski definition) is 1. The molecule has 2 aromatic rings. The molecule has 2 nitrogen and oxygen atoms in total. The molecular formula is C16H20N2. The number of hydrogen-bond acceptors (Lipinski definition) is 2. The van der Waals surface area contributed by atoms with Gasteiger partial charge in [-0.2, -0.15) is 0 Å². The van der Waals surface area contributed by atoms with Crippen LogP contribution in [0, 0.1) is 5.92 Å². The smallest absolute Gasteiger partial charge is 0.0702 e. The van der Waals surface area contributed by atoms with E-state index in [4.69, 9.17) is 0 Å². The maximum atomic E-state index is 4.38. The zero-order chi connectivity index (χ0) is 12.4.